The minimum absolute atomic E-state index is 0.319. The Labute approximate surface area is 199 Å². The molecule has 8 heteroatoms. The molecule has 3 aromatic rings. The first-order valence-electron chi connectivity index (χ1n) is 10.4. The van der Waals surface area contributed by atoms with E-state index in [0.29, 0.717) is 22.7 Å². The summed E-state index contributed by atoms with van der Waals surface area (Å²) in [6.45, 7) is 0. The molecule has 3 atom stereocenters. The molecule has 7 nitrogen and oxygen atoms in total. The van der Waals surface area contributed by atoms with Gasteiger partial charge in [0, 0.05) is 10.0 Å². The Balaban J connectivity index is 1.63. The number of amides is 2. The Morgan fingerprint density at radius 2 is 1.58 bits per heavy atom. The largest absolute Gasteiger partial charge is 0.497 e. The third-order valence-corrected chi connectivity index (χ3v) is 6.50. The number of rotatable bonds is 5. The van der Waals surface area contributed by atoms with Crippen LogP contribution in [-0.2, 0) is 14.4 Å². The van der Waals surface area contributed by atoms with Crippen molar-refractivity contribution in [1.82, 2.24) is 0 Å². The van der Waals surface area contributed by atoms with Crippen molar-refractivity contribution in [2.75, 3.05) is 24.2 Å². The minimum Gasteiger partial charge on any atom is -0.497 e. The number of hydroxylamine groups is 1. The van der Waals surface area contributed by atoms with Crippen molar-refractivity contribution in [2.24, 2.45) is 5.92 Å². The summed E-state index contributed by atoms with van der Waals surface area (Å²) >= 11 is 3.39. The predicted octanol–water partition coefficient (Wildman–Crippen LogP) is 4.52. The molecule has 2 aliphatic rings. The van der Waals surface area contributed by atoms with E-state index in [1.165, 1.54) is 4.90 Å². The van der Waals surface area contributed by atoms with Gasteiger partial charge < -0.3 is 9.47 Å². The van der Waals surface area contributed by atoms with Crippen molar-refractivity contribution in [2.45, 2.75) is 12.1 Å². The van der Waals surface area contributed by atoms with Crippen molar-refractivity contribution in [3.05, 3.63) is 82.8 Å². The summed E-state index contributed by atoms with van der Waals surface area (Å²) in [5, 5.41) is 1.64. The Morgan fingerprint density at radius 3 is 2.24 bits per heavy atom. The fourth-order valence-electron chi connectivity index (χ4n) is 4.44. The van der Waals surface area contributed by atoms with E-state index in [1.54, 1.807) is 55.7 Å². The minimum atomic E-state index is -0.956. The first kappa shape index (κ1) is 21.5. The van der Waals surface area contributed by atoms with Gasteiger partial charge in [0.05, 0.1) is 25.6 Å². The van der Waals surface area contributed by atoms with E-state index in [1.807, 2.05) is 36.4 Å². The highest BCUT2D eigenvalue weighted by atomic mass is 79.9. The molecule has 2 heterocycles. The molecule has 0 N–H and O–H groups in total. The van der Waals surface area contributed by atoms with Crippen LogP contribution in [-0.4, -0.2) is 32.1 Å². The van der Waals surface area contributed by atoms with E-state index in [9.17, 15) is 9.59 Å². The van der Waals surface area contributed by atoms with Crippen molar-refractivity contribution in [3.8, 4) is 11.5 Å². The Hall–Kier alpha value is -3.36. The monoisotopic (exact) mass is 508 g/mol. The van der Waals surface area contributed by atoms with E-state index in [2.05, 4.69) is 15.9 Å². The number of hydrogen-bond acceptors (Lipinski definition) is 6. The highest BCUT2D eigenvalue weighted by molar-refractivity contribution is 9.10. The molecular weight excluding hydrogens is 488 g/mol. The van der Waals surface area contributed by atoms with Crippen LogP contribution in [0.5, 0.6) is 11.5 Å². The Morgan fingerprint density at radius 1 is 0.848 bits per heavy atom. The van der Waals surface area contributed by atoms with Gasteiger partial charge in [0.25, 0.3) is 5.91 Å². The highest BCUT2D eigenvalue weighted by Gasteiger charge is 2.60. The molecular formula is C25H21BrN2O5. The molecule has 3 aromatic carbocycles. The zero-order valence-corrected chi connectivity index (χ0v) is 19.6. The van der Waals surface area contributed by atoms with E-state index in [0.717, 1.165) is 10.2 Å². The number of carbonyl (C=O) groups is 2. The molecule has 2 saturated heterocycles. The molecule has 33 heavy (non-hydrogen) atoms. The number of anilines is 2. The van der Waals surface area contributed by atoms with Crippen LogP contribution >= 0.6 is 15.9 Å². The number of halogens is 1. The molecule has 0 bridgehead atoms. The smallest absolute Gasteiger partial charge is 0.266 e. The van der Waals surface area contributed by atoms with Gasteiger partial charge in [-0.3, -0.25) is 14.4 Å². The SMILES string of the molecule is COc1ccc(OC)c([C@H]2[C@@H]3C(=O)N(c4ccc(Br)cc4)C(=O)[C@H]3ON2c2ccccc2)c1. The van der Waals surface area contributed by atoms with Gasteiger partial charge in [-0.15, -0.1) is 0 Å². The number of carbonyl (C=O) groups excluding carboxylic acids is 2. The molecule has 0 aliphatic carbocycles. The van der Waals surface area contributed by atoms with Crippen molar-refractivity contribution in [1.29, 1.82) is 0 Å². The first-order valence-corrected chi connectivity index (χ1v) is 11.2. The lowest BCUT2D eigenvalue weighted by Crippen LogP contribution is -2.37. The second-order valence-electron chi connectivity index (χ2n) is 7.75. The van der Waals surface area contributed by atoms with Crippen molar-refractivity contribution >= 4 is 39.1 Å². The van der Waals surface area contributed by atoms with Crippen molar-refractivity contribution in [3.63, 3.8) is 0 Å². The highest BCUT2D eigenvalue weighted by Crippen LogP contribution is 2.50. The van der Waals surface area contributed by atoms with Gasteiger partial charge >= 0.3 is 0 Å². The topological polar surface area (TPSA) is 68.3 Å². The second-order valence-corrected chi connectivity index (χ2v) is 8.67. The molecule has 2 aliphatic heterocycles. The summed E-state index contributed by atoms with van der Waals surface area (Å²) in [6.07, 6.45) is -0.956. The number of hydrogen-bond donors (Lipinski definition) is 0. The van der Waals surface area contributed by atoms with Crippen LogP contribution in [0.3, 0.4) is 0 Å². The zero-order valence-electron chi connectivity index (χ0n) is 18.0. The fourth-order valence-corrected chi connectivity index (χ4v) is 4.71. The number of fused-ring (bicyclic) bond motifs is 1. The van der Waals surface area contributed by atoms with Gasteiger partial charge in [0.15, 0.2) is 6.10 Å². The van der Waals surface area contributed by atoms with Gasteiger partial charge in [-0.2, -0.15) is 0 Å². The summed E-state index contributed by atoms with van der Waals surface area (Å²) in [6, 6.07) is 21.3. The maximum atomic E-state index is 13.7. The Bertz CT molecular complexity index is 1200. The lowest BCUT2D eigenvalue weighted by molar-refractivity contribution is -0.126. The van der Waals surface area contributed by atoms with Gasteiger partial charge in [-0.25, -0.2) is 9.96 Å². The second kappa shape index (κ2) is 8.53. The van der Waals surface area contributed by atoms with Crippen LogP contribution in [0.2, 0.25) is 0 Å². The summed E-state index contributed by atoms with van der Waals surface area (Å²) < 4.78 is 11.9. The van der Waals surface area contributed by atoms with Crippen LogP contribution in [0.15, 0.2) is 77.3 Å². The molecule has 0 aromatic heterocycles. The van der Waals surface area contributed by atoms with E-state index in [4.69, 9.17) is 14.3 Å². The lowest BCUT2D eigenvalue weighted by atomic mass is 9.89. The van der Waals surface area contributed by atoms with E-state index < -0.39 is 24.0 Å². The average Bonchev–Trinajstić information content (AvgIpc) is 3.36. The zero-order chi connectivity index (χ0) is 23.1. The molecule has 0 radical (unpaired) electrons. The van der Waals surface area contributed by atoms with E-state index in [-0.39, 0.29) is 5.91 Å². The summed E-state index contributed by atoms with van der Waals surface area (Å²) in [5.74, 6) is -0.280. The number of ether oxygens (including phenoxy) is 2. The predicted molar refractivity (Wildman–Crippen MR) is 126 cm³/mol. The van der Waals surface area contributed by atoms with Gasteiger partial charge in [0.1, 0.15) is 23.5 Å². The number of para-hydroxylation sites is 1. The number of nitrogens with zero attached hydrogens (tertiary/aromatic N) is 2. The van der Waals surface area contributed by atoms with Crippen LogP contribution in [0.25, 0.3) is 0 Å². The number of imide groups is 1. The maximum Gasteiger partial charge on any atom is 0.266 e. The van der Waals surface area contributed by atoms with Gasteiger partial charge in [-0.05, 0) is 54.6 Å². The first-order chi connectivity index (χ1) is 16.0. The quantitative estimate of drug-likeness (QED) is 0.472. The van der Waals surface area contributed by atoms with Crippen LogP contribution in [0.1, 0.15) is 11.6 Å². The summed E-state index contributed by atoms with van der Waals surface area (Å²) in [4.78, 5) is 34.5. The maximum absolute atomic E-state index is 13.7. The van der Waals surface area contributed by atoms with Gasteiger partial charge in [-0.1, -0.05) is 34.1 Å². The molecule has 0 unspecified atom stereocenters. The van der Waals surface area contributed by atoms with E-state index >= 15 is 0 Å². The molecule has 0 spiro atoms. The fraction of sp³-hybridized carbons (Fsp3) is 0.200. The van der Waals surface area contributed by atoms with Crippen LogP contribution in [0, 0.1) is 5.92 Å². The standard InChI is InChI=1S/C25H21BrN2O5/c1-31-18-12-13-20(32-2)19(14-18)22-21-23(33-28(22)17-6-4-3-5-7-17)25(30)27(24(21)29)16-10-8-15(26)9-11-16/h3-14,21-23H,1-2H3/t21-,22-,23-/m0/s1. The third-order valence-electron chi connectivity index (χ3n) is 5.97. The molecule has 0 saturated carbocycles. The molecule has 5 rings (SSSR count). The molecule has 2 amide bonds. The van der Waals surface area contributed by atoms with Crippen LogP contribution < -0.4 is 19.4 Å². The number of benzene rings is 3. The molecule has 168 valence electrons. The van der Waals surface area contributed by atoms with Crippen LogP contribution in [0.4, 0.5) is 11.4 Å². The van der Waals surface area contributed by atoms with Crippen molar-refractivity contribution < 1.29 is 23.9 Å². The van der Waals surface area contributed by atoms with Gasteiger partial charge in [0.2, 0.25) is 5.91 Å². The average molecular weight is 509 g/mol. The number of methoxy groups -OCH3 is 2. The third kappa shape index (κ3) is 3.55. The summed E-state index contributed by atoms with van der Waals surface area (Å²) in [5.41, 5.74) is 1.94. The normalized spacial score (nSPS) is 22.0. The summed E-state index contributed by atoms with van der Waals surface area (Å²) in [7, 11) is 3.15. The Kier molecular flexibility index (Phi) is 5.55. The lowest BCUT2D eigenvalue weighted by Gasteiger charge is -2.29. The molecule has 2 fully saturated rings.